The fraction of sp³-hybridized carbons (Fsp3) is 0.190. The third kappa shape index (κ3) is 6.73. The largest absolute Gasteiger partial charge is 0.506 e. The van der Waals surface area contributed by atoms with Crippen LogP contribution in [-0.2, 0) is 22.7 Å². The number of rotatable bonds is 5. The van der Waals surface area contributed by atoms with E-state index in [0.29, 0.717) is 24.1 Å². The Hall–Kier alpha value is -3.56. The van der Waals surface area contributed by atoms with Crippen LogP contribution in [0.3, 0.4) is 0 Å². The Morgan fingerprint density at radius 1 is 1.10 bits per heavy atom. The molecule has 0 unspecified atom stereocenters. The average Bonchev–Trinajstić information content (AvgIpc) is 2.70. The number of halogens is 1. The molecule has 0 spiro atoms. The van der Waals surface area contributed by atoms with Crippen molar-refractivity contribution in [1.29, 1.82) is 0 Å². The SMILES string of the molecule is COc1cccc(CN(C)Cc2cc(=O)oc3cc(O)c(Cl)cc23)c1.O=C(O)C(=O)O. The second-order valence-electron chi connectivity index (χ2n) is 6.52. The van der Waals surface area contributed by atoms with E-state index < -0.39 is 17.6 Å². The minimum Gasteiger partial charge on any atom is -0.506 e. The van der Waals surface area contributed by atoms with Crippen LogP contribution < -0.4 is 10.4 Å². The van der Waals surface area contributed by atoms with Crippen LogP contribution in [0.25, 0.3) is 11.0 Å². The molecule has 164 valence electrons. The molecule has 3 N–H and O–H groups in total. The normalized spacial score (nSPS) is 10.5. The van der Waals surface area contributed by atoms with Gasteiger partial charge in [0.05, 0.1) is 12.1 Å². The van der Waals surface area contributed by atoms with Crippen molar-refractivity contribution < 1.29 is 34.1 Å². The van der Waals surface area contributed by atoms with Crippen molar-refractivity contribution in [3.63, 3.8) is 0 Å². The highest BCUT2D eigenvalue weighted by Crippen LogP contribution is 2.30. The van der Waals surface area contributed by atoms with Gasteiger partial charge in [-0.1, -0.05) is 23.7 Å². The lowest BCUT2D eigenvalue weighted by Gasteiger charge is -2.18. The van der Waals surface area contributed by atoms with Gasteiger partial charge in [0.2, 0.25) is 0 Å². The summed E-state index contributed by atoms with van der Waals surface area (Å²) >= 11 is 6.00. The molecule has 0 fully saturated rings. The van der Waals surface area contributed by atoms with Gasteiger partial charge < -0.3 is 24.5 Å². The lowest BCUT2D eigenvalue weighted by Crippen LogP contribution is -2.18. The Morgan fingerprint density at radius 2 is 1.77 bits per heavy atom. The van der Waals surface area contributed by atoms with Gasteiger partial charge in [-0.3, -0.25) is 4.90 Å². The van der Waals surface area contributed by atoms with Crippen LogP contribution in [-0.4, -0.2) is 46.3 Å². The van der Waals surface area contributed by atoms with Gasteiger partial charge in [0, 0.05) is 30.6 Å². The van der Waals surface area contributed by atoms with E-state index in [9.17, 15) is 9.90 Å². The molecule has 0 radical (unpaired) electrons. The molecule has 9 nitrogen and oxygen atoms in total. The average molecular weight is 450 g/mol. The summed E-state index contributed by atoms with van der Waals surface area (Å²) in [4.78, 5) is 32.1. The monoisotopic (exact) mass is 449 g/mol. The first-order chi connectivity index (χ1) is 14.6. The van der Waals surface area contributed by atoms with E-state index in [1.807, 2.05) is 31.3 Å². The highest BCUT2D eigenvalue weighted by Gasteiger charge is 2.12. The van der Waals surface area contributed by atoms with E-state index >= 15 is 0 Å². The molecule has 2 aromatic carbocycles. The summed E-state index contributed by atoms with van der Waals surface area (Å²) < 4.78 is 10.4. The molecule has 3 aromatic rings. The zero-order valence-corrected chi connectivity index (χ0v) is 17.4. The molecular weight excluding hydrogens is 430 g/mol. The van der Waals surface area contributed by atoms with Gasteiger partial charge in [-0.15, -0.1) is 0 Å². The molecule has 1 aromatic heterocycles. The lowest BCUT2D eigenvalue weighted by atomic mass is 10.1. The van der Waals surface area contributed by atoms with Gasteiger partial charge in [-0.05, 0) is 36.4 Å². The standard InChI is InChI=1S/C19H18ClNO4.C2H2O4/c1-21(10-12-4-3-5-14(6-12)24-2)11-13-7-19(23)25-18-9-17(22)16(20)8-15(13)18;3-1(4)2(5)6/h3-9,22H,10-11H2,1-2H3;(H,3,4)(H,5,6). The van der Waals surface area contributed by atoms with Crippen LogP contribution in [0.1, 0.15) is 11.1 Å². The molecule has 31 heavy (non-hydrogen) atoms. The third-order valence-corrected chi connectivity index (χ3v) is 4.41. The van der Waals surface area contributed by atoms with Crippen molar-refractivity contribution in [2.45, 2.75) is 13.1 Å². The van der Waals surface area contributed by atoms with E-state index in [1.165, 1.54) is 12.1 Å². The zero-order chi connectivity index (χ0) is 23.1. The molecular formula is C21H20ClNO8. The lowest BCUT2D eigenvalue weighted by molar-refractivity contribution is -0.159. The third-order valence-electron chi connectivity index (χ3n) is 4.11. The molecule has 0 aliphatic carbocycles. The van der Waals surface area contributed by atoms with Crippen molar-refractivity contribution in [2.24, 2.45) is 0 Å². The molecule has 0 aliphatic heterocycles. The van der Waals surface area contributed by atoms with Crippen molar-refractivity contribution in [1.82, 2.24) is 4.90 Å². The van der Waals surface area contributed by atoms with E-state index in [1.54, 1.807) is 13.2 Å². The number of carboxylic acids is 2. The van der Waals surface area contributed by atoms with Crippen molar-refractivity contribution in [3.05, 3.63) is 69.0 Å². The van der Waals surface area contributed by atoms with Gasteiger partial charge in [0.15, 0.2) is 0 Å². The van der Waals surface area contributed by atoms with Crippen LogP contribution in [0.2, 0.25) is 5.02 Å². The van der Waals surface area contributed by atoms with Gasteiger partial charge >= 0.3 is 17.6 Å². The van der Waals surface area contributed by atoms with Crippen molar-refractivity contribution in [2.75, 3.05) is 14.2 Å². The van der Waals surface area contributed by atoms with E-state index in [2.05, 4.69) is 4.90 Å². The topological polar surface area (TPSA) is 138 Å². The summed E-state index contributed by atoms with van der Waals surface area (Å²) in [5.41, 5.74) is 1.75. The summed E-state index contributed by atoms with van der Waals surface area (Å²) in [6.45, 7) is 1.21. The maximum atomic E-state index is 11.8. The fourth-order valence-electron chi connectivity index (χ4n) is 2.80. The van der Waals surface area contributed by atoms with E-state index in [-0.39, 0.29) is 10.8 Å². The smallest absolute Gasteiger partial charge is 0.414 e. The Labute approximate surface area is 181 Å². The molecule has 0 atom stereocenters. The maximum absolute atomic E-state index is 11.8. The number of aliphatic carboxylic acids is 2. The highest BCUT2D eigenvalue weighted by molar-refractivity contribution is 6.32. The summed E-state index contributed by atoms with van der Waals surface area (Å²) in [5, 5.41) is 25.4. The zero-order valence-electron chi connectivity index (χ0n) is 16.7. The Kier molecular flexibility index (Phi) is 8.00. The molecule has 0 saturated carbocycles. The van der Waals surface area contributed by atoms with Gasteiger partial charge in [-0.2, -0.15) is 0 Å². The number of methoxy groups -OCH3 is 1. The number of ether oxygens (including phenoxy) is 1. The number of hydrogen-bond donors (Lipinski definition) is 3. The number of carbonyl (C=O) groups is 2. The number of fused-ring (bicyclic) bond motifs is 1. The Balaban J connectivity index is 0.000000501. The first-order valence-electron chi connectivity index (χ1n) is 8.83. The van der Waals surface area contributed by atoms with E-state index in [4.69, 9.17) is 40.6 Å². The number of hydrogen-bond acceptors (Lipinski definition) is 7. The number of aromatic hydroxyl groups is 1. The second-order valence-corrected chi connectivity index (χ2v) is 6.93. The molecule has 0 amide bonds. The predicted octanol–water partition coefficient (Wildman–Crippen LogP) is 2.95. The number of benzene rings is 2. The van der Waals surface area contributed by atoms with Crippen LogP contribution >= 0.6 is 11.6 Å². The summed E-state index contributed by atoms with van der Waals surface area (Å²) in [6, 6.07) is 12.3. The molecule has 3 rings (SSSR count). The quantitative estimate of drug-likeness (QED) is 0.396. The van der Waals surface area contributed by atoms with Crippen LogP contribution in [0.5, 0.6) is 11.5 Å². The van der Waals surface area contributed by atoms with Crippen LogP contribution in [0.15, 0.2) is 51.7 Å². The van der Waals surface area contributed by atoms with Gasteiger partial charge in [0.1, 0.15) is 17.1 Å². The molecule has 10 heteroatoms. The highest BCUT2D eigenvalue weighted by atomic mass is 35.5. The fourth-order valence-corrected chi connectivity index (χ4v) is 2.96. The Morgan fingerprint density at radius 3 is 2.39 bits per heavy atom. The molecule has 0 bridgehead atoms. The first kappa shape index (κ1) is 23.7. The molecule has 0 saturated heterocycles. The first-order valence-corrected chi connectivity index (χ1v) is 9.21. The van der Waals surface area contributed by atoms with Crippen molar-refractivity contribution in [3.8, 4) is 11.5 Å². The number of nitrogens with zero attached hydrogens (tertiary/aromatic N) is 1. The van der Waals surface area contributed by atoms with Crippen LogP contribution in [0.4, 0.5) is 0 Å². The molecule has 1 heterocycles. The summed E-state index contributed by atoms with van der Waals surface area (Å²) in [5.74, 6) is -2.96. The van der Waals surface area contributed by atoms with Crippen LogP contribution in [0, 0.1) is 0 Å². The minimum absolute atomic E-state index is 0.112. The summed E-state index contributed by atoms with van der Waals surface area (Å²) in [7, 11) is 3.60. The maximum Gasteiger partial charge on any atom is 0.414 e. The summed E-state index contributed by atoms with van der Waals surface area (Å²) in [6.07, 6.45) is 0. The molecule has 0 aliphatic rings. The number of carboxylic acid groups (broad SMARTS) is 2. The van der Waals surface area contributed by atoms with E-state index in [0.717, 1.165) is 16.9 Å². The van der Waals surface area contributed by atoms with Gasteiger partial charge in [-0.25, -0.2) is 14.4 Å². The van der Waals surface area contributed by atoms with Gasteiger partial charge in [0.25, 0.3) is 0 Å². The number of phenols is 1. The predicted molar refractivity (Wildman–Crippen MR) is 113 cm³/mol. The van der Waals surface area contributed by atoms with Crippen molar-refractivity contribution >= 4 is 34.5 Å². The second kappa shape index (κ2) is 10.5. The number of phenolic OH excluding ortho intramolecular Hbond substituents is 1. The Bertz CT molecular complexity index is 1150. The minimum atomic E-state index is -1.82.